The standard InChI is InChI=1S/C25H34N6O3/c1-19-6-7-22(21-5-3-2-4-20(19)21)28-29-23-18-24(31-11-15-33-16-12-31)27-25(26-23)34-17-10-30-8-13-32-14-9-30/h2-5,18-19H,6-17H2,1H3,(H,26,27,29)/b28-22+. The van der Waals surface area contributed by atoms with Gasteiger partial charge in [0, 0.05) is 44.4 Å². The Labute approximate surface area is 201 Å². The molecule has 1 unspecified atom stereocenters. The molecule has 182 valence electrons. The lowest BCUT2D eigenvalue weighted by atomic mass is 9.83. The molecular weight excluding hydrogens is 432 g/mol. The predicted octanol–water partition coefficient (Wildman–Crippen LogP) is 2.74. The maximum Gasteiger partial charge on any atom is 0.320 e. The summed E-state index contributed by atoms with van der Waals surface area (Å²) in [6, 6.07) is 10.9. The zero-order valence-electron chi connectivity index (χ0n) is 19.9. The summed E-state index contributed by atoms with van der Waals surface area (Å²) in [4.78, 5) is 13.8. The SMILES string of the molecule is CC1CC/C(=N\Nc2cc(N3CCOCC3)nc(OCCN3CCOCC3)n2)c2ccccc21. The maximum atomic E-state index is 5.99. The number of hydrogen-bond acceptors (Lipinski definition) is 9. The molecule has 0 spiro atoms. The molecule has 1 atom stereocenters. The molecule has 5 rings (SSSR count). The molecule has 1 N–H and O–H groups in total. The summed E-state index contributed by atoms with van der Waals surface area (Å²) in [5.74, 6) is 2.02. The molecule has 34 heavy (non-hydrogen) atoms. The highest BCUT2D eigenvalue weighted by molar-refractivity contribution is 6.03. The summed E-state index contributed by atoms with van der Waals surface area (Å²) in [7, 11) is 0. The average molecular weight is 467 g/mol. The topological polar surface area (TPSA) is 84.3 Å². The highest BCUT2D eigenvalue weighted by Gasteiger charge is 2.21. The van der Waals surface area contributed by atoms with E-state index in [0.29, 0.717) is 37.6 Å². The van der Waals surface area contributed by atoms with E-state index in [-0.39, 0.29) is 0 Å². The third kappa shape index (κ3) is 5.65. The molecule has 1 aromatic carbocycles. The first-order valence-electron chi connectivity index (χ1n) is 12.3. The number of morpholine rings is 2. The fourth-order valence-electron chi connectivity index (χ4n) is 4.65. The highest BCUT2D eigenvalue weighted by Crippen LogP contribution is 2.31. The Bertz CT molecular complexity index is 988. The van der Waals surface area contributed by atoms with Gasteiger partial charge in [0.15, 0.2) is 5.82 Å². The first kappa shape index (κ1) is 23.0. The third-order valence-corrected chi connectivity index (χ3v) is 6.69. The van der Waals surface area contributed by atoms with E-state index in [2.05, 4.69) is 56.4 Å². The van der Waals surface area contributed by atoms with Crippen LogP contribution in [0, 0.1) is 0 Å². The fourth-order valence-corrected chi connectivity index (χ4v) is 4.65. The Hall–Kier alpha value is -2.75. The largest absolute Gasteiger partial charge is 0.462 e. The Morgan fingerprint density at radius 2 is 1.82 bits per heavy atom. The van der Waals surface area contributed by atoms with Crippen molar-refractivity contribution >= 4 is 17.3 Å². The van der Waals surface area contributed by atoms with Crippen LogP contribution < -0.4 is 15.1 Å². The summed E-state index contributed by atoms with van der Waals surface area (Å²) in [5.41, 5.74) is 6.85. The average Bonchev–Trinajstić information content (AvgIpc) is 2.90. The van der Waals surface area contributed by atoms with Gasteiger partial charge in [-0.1, -0.05) is 31.2 Å². The van der Waals surface area contributed by atoms with Crippen molar-refractivity contribution in [2.75, 3.05) is 76.1 Å². The first-order valence-corrected chi connectivity index (χ1v) is 12.3. The van der Waals surface area contributed by atoms with Crippen LogP contribution in [-0.2, 0) is 9.47 Å². The Balaban J connectivity index is 1.32. The van der Waals surface area contributed by atoms with Crippen LogP contribution in [0.15, 0.2) is 35.4 Å². The Morgan fingerprint density at radius 1 is 1.06 bits per heavy atom. The molecule has 0 bridgehead atoms. The summed E-state index contributed by atoms with van der Waals surface area (Å²) >= 11 is 0. The number of nitrogens with zero attached hydrogens (tertiary/aromatic N) is 5. The van der Waals surface area contributed by atoms with E-state index in [0.717, 1.165) is 70.3 Å². The third-order valence-electron chi connectivity index (χ3n) is 6.69. The molecule has 0 saturated carbocycles. The second-order valence-electron chi connectivity index (χ2n) is 8.99. The number of rotatable bonds is 7. The highest BCUT2D eigenvalue weighted by atomic mass is 16.5. The van der Waals surface area contributed by atoms with Crippen LogP contribution in [0.1, 0.15) is 36.8 Å². The number of aromatic nitrogens is 2. The number of fused-ring (bicyclic) bond motifs is 1. The number of hydrogen-bond donors (Lipinski definition) is 1. The van der Waals surface area contributed by atoms with Gasteiger partial charge in [-0.3, -0.25) is 10.3 Å². The predicted molar refractivity (Wildman–Crippen MR) is 132 cm³/mol. The fraction of sp³-hybridized carbons (Fsp3) is 0.560. The van der Waals surface area contributed by atoms with Crippen molar-refractivity contribution in [2.45, 2.75) is 25.7 Å². The number of hydrazone groups is 1. The van der Waals surface area contributed by atoms with E-state index in [1.165, 1.54) is 11.1 Å². The minimum absolute atomic E-state index is 0.373. The van der Waals surface area contributed by atoms with Gasteiger partial charge in [-0.15, -0.1) is 0 Å². The second kappa shape index (κ2) is 11.1. The zero-order chi connectivity index (χ0) is 23.2. The lowest BCUT2D eigenvalue weighted by molar-refractivity contribution is 0.0317. The molecule has 2 aromatic rings. The molecule has 2 fully saturated rings. The molecule has 1 aromatic heterocycles. The normalized spacial score (nSPS) is 22.4. The minimum Gasteiger partial charge on any atom is -0.462 e. The van der Waals surface area contributed by atoms with Crippen LogP contribution in [0.25, 0.3) is 0 Å². The van der Waals surface area contributed by atoms with E-state index in [9.17, 15) is 0 Å². The smallest absolute Gasteiger partial charge is 0.320 e. The van der Waals surface area contributed by atoms with Gasteiger partial charge in [0.2, 0.25) is 0 Å². The van der Waals surface area contributed by atoms with Gasteiger partial charge in [-0.2, -0.15) is 15.1 Å². The maximum absolute atomic E-state index is 5.99. The summed E-state index contributed by atoms with van der Waals surface area (Å²) in [6.45, 7) is 10.0. The van der Waals surface area contributed by atoms with Crippen LogP contribution in [-0.4, -0.2) is 86.3 Å². The Morgan fingerprint density at radius 3 is 2.65 bits per heavy atom. The second-order valence-corrected chi connectivity index (χ2v) is 8.99. The summed E-state index contributed by atoms with van der Waals surface area (Å²) < 4.78 is 16.9. The van der Waals surface area contributed by atoms with Crippen molar-refractivity contribution < 1.29 is 14.2 Å². The van der Waals surface area contributed by atoms with Crippen molar-refractivity contribution in [1.29, 1.82) is 0 Å². The van der Waals surface area contributed by atoms with Crippen LogP contribution in [0.2, 0.25) is 0 Å². The van der Waals surface area contributed by atoms with Crippen LogP contribution in [0.3, 0.4) is 0 Å². The molecule has 2 aliphatic heterocycles. The van der Waals surface area contributed by atoms with Gasteiger partial charge in [0.25, 0.3) is 0 Å². The summed E-state index contributed by atoms with van der Waals surface area (Å²) in [5, 5.41) is 4.77. The molecule has 3 heterocycles. The van der Waals surface area contributed by atoms with Gasteiger partial charge >= 0.3 is 6.01 Å². The van der Waals surface area contributed by atoms with Gasteiger partial charge < -0.3 is 19.1 Å². The quantitative estimate of drug-likeness (QED) is 0.624. The molecule has 1 aliphatic carbocycles. The number of ether oxygens (including phenoxy) is 3. The number of anilines is 2. The summed E-state index contributed by atoms with van der Waals surface area (Å²) in [6.07, 6.45) is 2.03. The first-order chi connectivity index (χ1) is 16.8. The number of nitrogens with one attached hydrogen (secondary N) is 1. The van der Waals surface area contributed by atoms with Crippen molar-refractivity contribution in [1.82, 2.24) is 14.9 Å². The molecule has 0 amide bonds. The molecule has 9 nitrogen and oxygen atoms in total. The van der Waals surface area contributed by atoms with Crippen molar-refractivity contribution in [3.8, 4) is 6.01 Å². The van der Waals surface area contributed by atoms with Gasteiger partial charge in [0.05, 0.1) is 32.1 Å². The lowest BCUT2D eigenvalue weighted by Gasteiger charge is -2.28. The minimum atomic E-state index is 0.373. The van der Waals surface area contributed by atoms with E-state index >= 15 is 0 Å². The molecule has 0 radical (unpaired) electrons. The zero-order valence-corrected chi connectivity index (χ0v) is 19.9. The van der Waals surface area contributed by atoms with Gasteiger partial charge in [-0.25, -0.2) is 0 Å². The van der Waals surface area contributed by atoms with Crippen LogP contribution >= 0.6 is 0 Å². The molecule has 9 heteroatoms. The molecule has 2 saturated heterocycles. The van der Waals surface area contributed by atoms with E-state index in [1.807, 2.05) is 6.07 Å². The van der Waals surface area contributed by atoms with Gasteiger partial charge in [-0.05, 0) is 24.3 Å². The van der Waals surface area contributed by atoms with E-state index in [1.54, 1.807) is 0 Å². The Kier molecular flexibility index (Phi) is 7.52. The van der Waals surface area contributed by atoms with E-state index in [4.69, 9.17) is 19.3 Å². The monoisotopic (exact) mass is 466 g/mol. The van der Waals surface area contributed by atoms with Crippen molar-refractivity contribution in [3.63, 3.8) is 0 Å². The van der Waals surface area contributed by atoms with Crippen molar-refractivity contribution in [3.05, 3.63) is 41.5 Å². The van der Waals surface area contributed by atoms with E-state index < -0.39 is 0 Å². The van der Waals surface area contributed by atoms with Crippen LogP contribution in [0.5, 0.6) is 6.01 Å². The van der Waals surface area contributed by atoms with Crippen molar-refractivity contribution in [2.24, 2.45) is 5.10 Å². The molecular formula is C25H34N6O3. The van der Waals surface area contributed by atoms with Gasteiger partial charge in [0.1, 0.15) is 12.4 Å². The molecule has 3 aliphatic rings. The lowest BCUT2D eigenvalue weighted by Crippen LogP contribution is -2.39. The number of benzene rings is 1. The van der Waals surface area contributed by atoms with Crippen LogP contribution in [0.4, 0.5) is 11.6 Å².